The van der Waals surface area contributed by atoms with Crippen molar-refractivity contribution < 1.29 is 22.4 Å². The number of hydrogen-bond donors (Lipinski definition) is 0. The van der Waals surface area contributed by atoms with E-state index in [2.05, 4.69) is 15.9 Å². The minimum absolute atomic E-state index is 0.0599. The van der Waals surface area contributed by atoms with Crippen LogP contribution >= 0.6 is 15.9 Å². The number of carbonyl (C=O) groups excluding carboxylic acids is 1. The molecule has 1 unspecified atom stereocenters. The monoisotopic (exact) mass is 325 g/mol. The van der Waals surface area contributed by atoms with Gasteiger partial charge in [-0.15, -0.1) is 0 Å². The summed E-state index contributed by atoms with van der Waals surface area (Å²) >= 11 is 3.05. The number of hydrogen-bond acceptors (Lipinski definition) is 2. The summed E-state index contributed by atoms with van der Waals surface area (Å²) in [6.07, 6.45) is -3.81. The summed E-state index contributed by atoms with van der Waals surface area (Å²) < 4.78 is 43.3. The van der Waals surface area contributed by atoms with E-state index in [0.29, 0.717) is 17.6 Å². The molecule has 0 radical (unpaired) electrons. The van der Waals surface area contributed by atoms with Gasteiger partial charge in [0.25, 0.3) is 5.91 Å². The summed E-state index contributed by atoms with van der Waals surface area (Å²) in [6.45, 7) is 0.0460. The molecule has 0 aliphatic carbocycles. The fraction of sp³-hybridized carbons (Fsp3) is 0.545. The Bertz CT molecular complexity index is 444. The smallest absolute Gasteiger partial charge is 0.393 e. The minimum atomic E-state index is -4.25. The molecule has 2 rings (SSSR count). The van der Waals surface area contributed by atoms with Crippen LogP contribution in [0.3, 0.4) is 0 Å². The number of furan rings is 1. The van der Waals surface area contributed by atoms with E-state index in [1.807, 2.05) is 0 Å². The molecule has 0 bridgehead atoms. The number of piperidine rings is 1. The lowest BCUT2D eigenvalue weighted by molar-refractivity contribution is -0.184. The zero-order valence-electron chi connectivity index (χ0n) is 9.34. The summed E-state index contributed by atoms with van der Waals surface area (Å²) in [5.41, 5.74) is 0. The molecule has 18 heavy (non-hydrogen) atoms. The SMILES string of the molecule is O=C(c1ccc(Br)o1)N1CCCC(C(F)(F)F)C1. The predicted molar refractivity (Wildman–Crippen MR) is 61.1 cm³/mol. The second-order valence-electron chi connectivity index (χ2n) is 4.24. The van der Waals surface area contributed by atoms with Gasteiger partial charge in [-0.1, -0.05) is 0 Å². The van der Waals surface area contributed by atoms with Gasteiger partial charge in [0.2, 0.25) is 0 Å². The highest BCUT2D eigenvalue weighted by Gasteiger charge is 2.43. The van der Waals surface area contributed by atoms with E-state index in [4.69, 9.17) is 4.42 Å². The molecule has 1 fully saturated rings. The Morgan fingerprint density at radius 3 is 2.72 bits per heavy atom. The van der Waals surface area contributed by atoms with Crippen LogP contribution in [0.4, 0.5) is 13.2 Å². The van der Waals surface area contributed by atoms with Crippen LogP contribution in [-0.2, 0) is 0 Å². The molecule has 1 amide bonds. The highest BCUT2D eigenvalue weighted by molar-refractivity contribution is 9.10. The number of likely N-dealkylation sites (tertiary alicyclic amines) is 1. The molecule has 7 heteroatoms. The fourth-order valence-electron chi connectivity index (χ4n) is 2.01. The summed E-state index contributed by atoms with van der Waals surface area (Å²) in [5.74, 6) is -1.87. The molecule has 0 N–H and O–H groups in total. The Morgan fingerprint density at radius 1 is 1.44 bits per heavy atom. The summed E-state index contributed by atoms with van der Waals surface area (Å²) in [6, 6.07) is 2.99. The van der Waals surface area contributed by atoms with Crippen LogP contribution in [0.15, 0.2) is 21.2 Å². The molecule has 1 atom stereocenters. The lowest BCUT2D eigenvalue weighted by Crippen LogP contribution is -2.44. The maximum Gasteiger partial charge on any atom is 0.393 e. The summed E-state index contributed by atoms with van der Waals surface area (Å²) in [5, 5.41) is 0. The quantitative estimate of drug-likeness (QED) is 0.792. The fourth-order valence-corrected chi connectivity index (χ4v) is 2.32. The van der Waals surface area contributed by atoms with Gasteiger partial charge in [-0.25, -0.2) is 0 Å². The molecular weight excluding hydrogens is 315 g/mol. The van der Waals surface area contributed by atoms with Gasteiger partial charge in [-0.05, 0) is 40.9 Å². The van der Waals surface area contributed by atoms with Crippen molar-refractivity contribution in [1.29, 1.82) is 0 Å². The molecular formula is C11H11BrF3NO2. The second-order valence-corrected chi connectivity index (χ2v) is 5.02. The number of nitrogens with zero attached hydrogens (tertiary/aromatic N) is 1. The zero-order chi connectivity index (χ0) is 13.3. The number of halogens is 4. The normalized spacial score (nSPS) is 21.1. The van der Waals surface area contributed by atoms with Crippen molar-refractivity contribution in [1.82, 2.24) is 4.90 Å². The van der Waals surface area contributed by atoms with Crippen molar-refractivity contribution in [3.05, 3.63) is 22.6 Å². The predicted octanol–water partition coefficient (Wildman–Crippen LogP) is 3.46. The van der Waals surface area contributed by atoms with E-state index >= 15 is 0 Å². The van der Waals surface area contributed by atoms with Crippen LogP contribution in [-0.4, -0.2) is 30.1 Å². The van der Waals surface area contributed by atoms with Crippen molar-refractivity contribution in [2.45, 2.75) is 19.0 Å². The van der Waals surface area contributed by atoms with Crippen LogP contribution in [0.25, 0.3) is 0 Å². The van der Waals surface area contributed by atoms with Crippen LogP contribution < -0.4 is 0 Å². The third kappa shape index (κ3) is 2.88. The van der Waals surface area contributed by atoms with E-state index in [1.165, 1.54) is 11.0 Å². The number of rotatable bonds is 1. The van der Waals surface area contributed by atoms with Gasteiger partial charge in [-0.2, -0.15) is 13.2 Å². The van der Waals surface area contributed by atoms with Crippen molar-refractivity contribution in [3.63, 3.8) is 0 Å². The minimum Gasteiger partial charge on any atom is -0.444 e. The molecule has 2 heterocycles. The van der Waals surface area contributed by atoms with Crippen molar-refractivity contribution in [3.8, 4) is 0 Å². The molecule has 1 aromatic heterocycles. The zero-order valence-corrected chi connectivity index (χ0v) is 10.9. The number of amides is 1. The Hall–Kier alpha value is -0.980. The Morgan fingerprint density at radius 2 is 2.17 bits per heavy atom. The maximum absolute atomic E-state index is 12.6. The largest absolute Gasteiger partial charge is 0.444 e. The summed E-state index contributed by atoms with van der Waals surface area (Å²) in [7, 11) is 0. The van der Waals surface area contributed by atoms with Gasteiger partial charge in [0.05, 0.1) is 5.92 Å². The Labute approximate surface area is 110 Å². The standard InChI is InChI=1S/C11H11BrF3NO2/c12-9-4-3-8(18-9)10(17)16-5-1-2-7(6-16)11(13,14)15/h3-4,7H,1-2,5-6H2. The molecule has 100 valence electrons. The molecule has 0 spiro atoms. The highest BCUT2D eigenvalue weighted by atomic mass is 79.9. The van der Waals surface area contributed by atoms with Crippen LogP contribution in [0.5, 0.6) is 0 Å². The molecule has 1 aromatic rings. The first-order valence-corrected chi connectivity index (χ1v) is 6.28. The van der Waals surface area contributed by atoms with E-state index in [0.717, 1.165) is 0 Å². The number of alkyl halides is 3. The summed E-state index contributed by atoms with van der Waals surface area (Å²) in [4.78, 5) is 13.1. The molecule has 0 saturated carbocycles. The lowest BCUT2D eigenvalue weighted by atomic mass is 9.97. The molecule has 1 aliphatic heterocycles. The third-order valence-electron chi connectivity index (χ3n) is 2.96. The first-order chi connectivity index (χ1) is 8.38. The molecule has 1 saturated heterocycles. The van der Waals surface area contributed by atoms with Crippen LogP contribution in [0.2, 0.25) is 0 Å². The Balaban J connectivity index is 2.07. The van der Waals surface area contributed by atoms with Gasteiger partial charge < -0.3 is 9.32 Å². The molecule has 0 aromatic carbocycles. The maximum atomic E-state index is 12.6. The topological polar surface area (TPSA) is 33.5 Å². The third-order valence-corrected chi connectivity index (χ3v) is 3.38. The first kappa shape index (κ1) is 13.5. The van der Waals surface area contributed by atoms with Crippen molar-refractivity contribution in [2.24, 2.45) is 5.92 Å². The van der Waals surface area contributed by atoms with Crippen molar-refractivity contribution >= 4 is 21.8 Å². The highest BCUT2D eigenvalue weighted by Crippen LogP contribution is 2.33. The van der Waals surface area contributed by atoms with Gasteiger partial charge in [0.15, 0.2) is 10.4 Å². The number of carbonyl (C=O) groups is 1. The average molecular weight is 326 g/mol. The lowest BCUT2D eigenvalue weighted by Gasteiger charge is -2.33. The Kier molecular flexibility index (Phi) is 3.70. The second kappa shape index (κ2) is 4.95. The van der Waals surface area contributed by atoms with Gasteiger partial charge in [-0.3, -0.25) is 4.79 Å². The van der Waals surface area contributed by atoms with Gasteiger partial charge in [0.1, 0.15) is 0 Å². The molecule has 1 aliphatic rings. The van der Waals surface area contributed by atoms with Crippen molar-refractivity contribution in [2.75, 3.05) is 13.1 Å². The molecule has 3 nitrogen and oxygen atoms in total. The van der Waals surface area contributed by atoms with E-state index in [1.54, 1.807) is 6.07 Å². The van der Waals surface area contributed by atoms with E-state index < -0.39 is 18.0 Å². The van der Waals surface area contributed by atoms with Gasteiger partial charge in [0, 0.05) is 13.1 Å². The first-order valence-electron chi connectivity index (χ1n) is 5.49. The average Bonchev–Trinajstić information content (AvgIpc) is 2.74. The van der Waals surface area contributed by atoms with E-state index in [-0.39, 0.29) is 18.7 Å². The van der Waals surface area contributed by atoms with Gasteiger partial charge >= 0.3 is 6.18 Å². The van der Waals surface area contributed by atoms with E-state index in [9.17, 15) is 18.0 Å². The van der Waals surface area contributed by atoms with Crippen LogP contribution in [0, 0.1) is 5.92 Å². The van der Waals surface area contributed by atoms with Crippen LogP contribution in [0.1, 0.15) is 23.4 Å².